The Kier molecular flexibility index (Phi) is 5.91. The van der Waals surface area contributed by atoms with Gasteiger partial charge in [-0.15, -0.1) is 12.4 Å². The molecule has 7 heteroatoms. The molecule has 0 saturated carbocycles. The van der Waals surface area contributed by atoms with E-state index in [4.69, 9.17) is 5.73 Å². The van der Waals surface area contributed by atoms with Crippen molar-refractivity contribution in [3.8, 4) is 0 Å². The van der Waals surface area contributed by atoms with Gasteiger partial charge in [0.2, 0.25) is 5.91 Å². The molecule has 2 rings (SSSR count). The zero-order valence-corrected chi connectivity index (χ0v) is 11.8. The number of hydrogen-bond donors (Lipinski definition) is 1. The van der Waals surface area contributed by atoms with Gasteiger partial charge in [-0.25, -0.2) is 0 Å². The fourth-order valence-electron chi connectivity index (χ4n) is 2.17. The van der Waals surface area contributed by atoms with E-state index in [1.165, 1.54) is 12.1 Å². The van der Waals surface area contributed by atoms with Crippen LogP contribution in [0, 0.1) is 10.1 Å². The molecule has 6 nitrogen and oxygen atoms in total. The van der Waals surface area contributed by atoms with E-state index in [0.717, 1.165) is 18.4 Å². The Morgan fingerprint density at radius 2 is 1.85 bits per heavy atom. The van der Waals surface area contributed by atoms with E-state index in [0.29, 0.717) is 13.1 Å². The number of piperidine rings is 1. The Bertz CT molecular complexity index is 470. The molecule has 1 amide bonds. The van der Waals surface area contributed by atoms with Crippen LogP contribution >= 0.6 is 12.4 Å². The van der Waals surface area contributed by atoms with Crippen molar-refractivity contribution in [1.82, 2.24) is 4.90 Å². The van der Waals surface area contributed by atoms with Gasteiger partial charge in [0.15, 0.2) is 0 Å². The third-order valence-corrected chi connectivity index (χ3v) is 3.39. The van der Waals surface area contributed by atoms with Gasteiger partial charge in [-0.1, -0.05) is 12.1 Å². The molecule has 0 aliphatic carbocycles. The predicted octanol–water partition coefficient (Wildman–Crippen LogP) is 1.51. The number of nitrogens with two attached hydrogens (primary N) is 1. The summed E-state index contributed by atoms with van der Waals surface area (Å²) in [6.45, 7) is 1.40. The van der Waals surface area contributed by atoms with Crippen molar-refractivity contribution in [2.24, 2.45) is 5.73 Å². The summed E-state index contributed by atoms with van der Waals surface area (Å²) >= 11 is 0. The third kappa shape index (κ3) is 4.18. The number of carbonyl (C=O) groups excluding carboxylic acids is 1. The highest BCUT2D eigenvalue weighted by molar-refractivity contribution is 5.85. The second-order valence-corrected chi connectivity index (χ2v) is 4.82. The number of nitrogens with zero attached hydrogens (tertiary/aromatic N) is 2. The quantitative estimate of drug-likeness (QED) is 0.676. The minimum Gasteiger partial charge on any atom is -0.342 e. The maximum atomic E-state index is 12.0. The Balaban J connectivity index is 0.00000200. The first-order valence-electron chi connectivity index (χ1n) is 6.33. The molecule has 2 N–H and O–H groups in total. The molecule has 0 spiro atoms. The van der Waals surface area contributed by atoms with E-state index in [1.54, 1.807) is 12.1 Å². The summed E-state index contributed by atoms with van der Waals surface area (Å²) in [5.74, 6) is 0.0563. The van der Waals surface area contributed by atoms with E-state index in [2.05, 4.69) is 0 Å². The first-order valence-corrected chi connectivity index (χ1v) is 6.33. The monoisotopic (exact) mass is 299 g/mol. The minimum absolute atomic E-state index is 0. The van der Waals surface area contributed by atoms with Crippen LogP contribution < -0.4 is 5.73 Å². The van der Waals surface area contributed by atoms with Gasteiger partial charge < -0.3 is 10.6 Å². The molecule has 1 fully saturated rings. The Morgan fingerprint density at radius 3 is 2.35 bits per heavy atom. The fraction of sp³-hybridized carbons (Fsp3) is 0.462. The predicted molar refractivity (Wildman–Crippen MR) is 77.8 cm³/mol. The SMILES string of the molecule is Cl.NC1CCN(C(=O)Cc2ccc([N+](=O)[O-])cc2)CC1. The molecular formula is C13H18ClN3O3. The molecule has 0 aromatic heterocycles. The largest absolute Gasteiger partial charge is 0.342 e. The molecule has 1 aliphatic heterocycles. The summed E-state index contributed by atoms with van der Waals surface area (Å²) < 4.78 is 0. The van der Waals surface area contributed by atoms with Crippen LogP contribution in [-0.4, -0.2) is 34.9 Å². The smallest absolute Gasteiger partial charge is 0.269 e. The third-order valence-electron chi connectivity index (χ3n) is 3.39. The molecule has 20 heavy (non-hydrogen) atoms. The van der Waals surface area contributed by atoms with Gasteiger partial charge in [0.05, 0.1) is 11.3 Å². The normalized spacial score (nSPS) is 15.6. The second-order valence-electron chi connectivity index (χ2n) is 4.82. The molecule has 0 atom stereocenters. The van der Waals surface area contributed by atoms with Crippen molar-refractivity contribution >= 4 is 24.0 Å². The van der Waals surface area contributed by atoms with Crippen LogP contribution in [0.3, 0.4) is 0 Å². The van der Waals surface area contributed by atoms with Crippen LogP contribution in [0.1, 0.15) is 18.4 Å². The number of benzene rings is 1. The van der Waals surface area contributed by atoms with Crippen molar-refractivity contribution in [3.63, 3.8) is 0 Å². The maximum Gasteiger partial charge on any atom is 0.269 e. The van der Waals surface area contributed by atoms with E-state index >= 15 is 0 Å². The van der Waals surface area contributed by atoms with Crippen molar-refractivity contribution in [1.29, 1.82) is 0 Å². The topological polar surface area (TPSA) is 89.5 Å². The first-order chi connectivity index (χ1) is 9.06. The second kappa shape index (κ2) is 7.21. The van der Waals surface area contributed by atoms with E-state index < -0.39 is 4.92 Å². The van der Waals surface area contributed by atoms with Crippen LogP contribution in [0.4, 0.5) is 5.69 Å². The lowest BCUT2D eigenvalue weighted by atomic mass is 10.0. The summed E-state index contributed by atoms with van der Waals surface area (Å²) in [4.78, 5) is 23.9. The van der Waals surface area contributed by atoms with Gasteiger partial charge in [0.1, 0.15) is 0 Å². The Labute approximate surface area is 123 Å². The number of rotatable bonds is 3. The average molecular weight is 300 g/mol. The van der Waals surface area contributed by atoms with Gasteiger partial charge in [0, 0.05) is 31.3 Å². The van der Waals surface area contributed by atoms with E-state index in [9.17, 15) is 14.9 Å². The molecule has 0 radical (unpaired) electrons. The Hall–Kier alpha value is -1.66. The molecule has 0 unspecified atom stereocenters. The van der Waals surface area contributed by atoms with Gasteiger partial charge in [-0.05, 0) is 18.4 Å². The minimum atomic E-state index is -0.447. The Morgan fingerprint density at radius 1 is 1.30 bits per heavy atom. The van der Waals surface area contributed by atoms with Gasteiger partial charge in [0.25, 0.3) is 5.69 Å². The summed E-state index contributed by atoms with van der Waals surface area (Å²) in [6.07, 6.45) is 1.96. The molecule has 0 bridgehead atoms. The number of halogens is 1. The molecule has 110 valence electrons. The van der Waals surface area contributed by atoms with Crippen LogP contribution in [0.2, 0.25) is 0 Å². The van der Waals surface area contributed by atoms with Gasteiger partial charge >= 0.3 is 0 Å². The zero-order valence-electron chi connectivity index (χ0n) is 11.0. The van der Waals surface area contributed by atoms with Crippen LogP contribution in [0.25, 0.3) is 0 Å². The van der Waals surface area contributed by atoms with Crippen molar-refractivity contribution in [2.75, 3.05) is 13.1 Å². The van der Waals surface area contributed by atoms with Crippen LogP contribution in [0.5, 0.6) is 0 Å². The van der Waals surface area contributed by atoms with E-state index in [-0.39, 0.29) is 36.5 Å². The maximum absolute atomic E-state index is 12.0. The standard InChI is InChI=1S/C13H17N3O3.ClH/c14-11-5-7-15(8-6-11)13(17)9-10-1-3-12(4-2-10)16(18)19;/h1-4,11H,5-9,14H2;1H. The highest BCUT2D eigenvalue weighted by Gasteiger charge is 2.20. The number of nitro benzene ring substituents is 1. The first kappa shape index (κ1) is 16.4. The summed E-state index contributed by atoms with van der Waals surface area (Å²) in [5, 5.41) is 10.5. The van der Waals surface area contributed by atoms with E-state index in [1.807, 2.05) is 4.90 Å². The lowest BCUT2D eigenvalue weighted by Crippen LogP contribution is -2.43. The van der Waals surface area contributed by atoms with Crippen LogP contribution in [0.15, 0.2) is 24.3 Å². The lowest BCUT2D eigenvalue weighted by molar-refractivity contribution is -0.384. The molecule has 1 aliphatic rings. The van der Waals surface area contributed by atoms with Crippen LogP contribution in [-0.2, 0) is 11.2 Å². The zero-order chi connectivity index (χ0) is 13.8. The number of amides is 1. The van der Waals surface area contributed by atoms with Crippen molar-refractivity contribution in [2.45, 2.75) is 25.3 Å². The molecule has 1 aromatic rings. The molecule has 1 aromatic carbocycles. The van der Waals surface area contributed by atoms with Crippen molar-refractivity contribution in [3.05, 3.63) is 39.9 Å². The molecular weight excluding hydrogens is 282 g/mol. The molecule has 1 heterocycles. The van der Waals surface area contributed by atoms with Gasteiger partial charge in [-0.2, -0.15) is 0 Å². The number of non-ortho nitro benzene ring substituents is 1. The summed E-state index contributed by atoms with van der Waals surface area (Å²) in [5.41, 5.74) is 6.63. The molecule has 1 saturated heterocycles. The lowest BCUT2D eigenvalue weighted by Gasteiger charge is -2.30. The average Bonchev–Trinajstić information content (AvgIpc) is 2.40. The summed E-state index contributed by atoms with van der Waals surface area (Å²) in [6, 6.07) is 6.31. The highest BCUT2D eigenvalue weighted by Crippen LogP contribution is 2.14. The van der Waals surface area contributed by atoms with Gasteiger partial charge in [-0.3, -0.25) is 14.9 Å². The summed E-state index contributed by atoms with van der Waals surface area (Å²) in [7, 11) is 0. The van der Waals surface area contributed by atoms with Crippen molar-refractivity contribution < 1.29 is 9.72 Å². The number of carbonyl (C=O) groups is 1. The fourth-order valence-corrected chi connectivity index (χ4v) is 2.17. The number of hydrogen-bond acceptors (Lipinski definition) is 4. The highest BCUT2D eigenvalue weighted by atomic mass is 35.5. The number of likely N-dealkylation sites (tertiary alicyclic amines) is 1. The number of nitro groups is 1.